The molecule has 1 saturated heterocycles. The number of nitro groups is 1. The smallest absolute Gasteiger partial charge is 0.269 e. The van der Waals surface area contributed by atoms with Crippen LogP contribution < -0.4 is 15.1 Å². The number of halogens is 1. The summed E-state index contributed by atoms with van der Waals surface area (Å²) in [5, 5.41) is 13.9. The minimum atomic E-state index is -0.485. The highest BCUT2D eigenvalue weighted by molar-refractivity contribution is 5.94. The molecule has 4 rings (SSSR count). The molecular weight excluding hydrogens is 461 g/mol. The van der Waals surface area contributed by atoms with Crippen LogP contribution in [0.4, 0.5) is 21.5 Å². The van der Waals surface area contributed by atoms with E-state index in [-0.39, 0.29) is 23.5 Å². The van der Waals surface area contributed by atoms with Crippen LogP contribution in [0.3, 0.4) is 0 Å². The molecule has 8 nitrogen and oxygen atoms in total. The second-order valence-electron chi connectivity index (χ2n) is 9.02. The summed E-state index contributed by atoms with van der Waals surface area (Å²) in [7, 11) is 3.98. The topological polar surface area (TPSA) is 82.0 Å². The molecular formula is C27H30FN5O3. The molecule has 3 aromatic rings. The minimum Gasteiger partial charge on any atom is -0.378 e. The number of hydrogen-bond donors (Lipinski definition) is 1. The Kier molecular flexibility index (Phi) is 7.80. The molecule has 1 amide bonds. The monoisotopic (exact) mass is 491 g/mol. The summed E-state index contributed by atoms with van der Waals surface area (Å²) < 4.78 is 13.3. The van der Waals surface area contributed by atoms with Gasteiger partial charge in [0.2, 0.25) is 0 Å². The van der Waals surface area contributed by atoms with Gasteiger partial charge in [0.05, 0.1) is 11.0 Å². The average molecular weight is 492 g/mol. The maximum atomic E-state index is 13.3. The van der Waals surface area contributed by atoms with E-state index >= 15 is 0 Å². The van der Waals surface area contributed by atoms with Crippen LogP contribution >= 0.6 is 0 Å². The van der Waals surface area contributed by atoms with Gasteiger partial charge in [-0.2, -0.15) is 0 Å². The van der Waals surface area contributed by atoms with E-state index in [9.17, 15) is 19.3 Å². The number of nitrogens with one attached hydrogen (secondary N) is 1. The standard InChI is InChI=1S/C27H30FN5O3/c1-30(2)23-9-3-20(4-10-23)26(19-29-27(34)21-5-11-25(12-6-21)33(35)36)32-17-15-31(16-18-32)24-13-7-22(28)8-14-24/h3-14,26H,15-19H2,1-2H3,(H,29,34). The molecule has 0 aliphatic carbocycles. The van der Waals surface area contributed by atoms with Crippen molar-refractivity contribution in [2.75, 3.05) is 56.6 Å². The van der Waals surface area contributed by atoms with Crippen LogP contribution in [0.5, 0.6) is 0 Å². The van der Waals surface area contributed by atoms with Crippen LogP contribution in [-0.2, 0) is 0 Å². The Bertz CT molecular complexity index is 1180. The van der Waals surface area contributed by atoms with Gasteiger partial charge in [0.15, 0.2) is 0 Å². The molecule has 0 bridgehead atoms. The van der Waals surface area contributed by atoms with E-state index in [4.69, 9.17) is 0 Å². The number of anilines is 2. The van der Waals surface area contributed by atoms with Crippen molar-refractivity contribution >= 4 is 23.0 Å². The Labute approximate surface area is 210 Å². The lowest BCUT2D eigenvalue weighted by Gasteiger charge is -2.40. The normalized spacial score (nSPS) is 14.8. The first-order valence-corrected chi connectivity index (χ1v) is 11.9. The Morgan fingerprint density at radius 1 is 0.972 bits per heavy atom. The summed E-state index contributed by atoms with van der Waals surface area (Å²) in [4.78, 5) is 29.8. The molecule has 1 N–H and O–H groups in total. The molecule has 0 spiro atoms. The summed E-state index contributed by atoms with van der Waals surface area (Å²) in [6, 6.07) is 20.4. The van der Waals surface area contributed by atoms with Crippen LogP contribution in [-0.4, -0.2) is 62.5 Å². The van der Waals surface area contributed by atoms with Crippen molar-refractivity contribution < 1.29 is 14.1 Å². The van der Waals surface area contributed by atoms with Crippen LogP contribution in [0.15, 0.2) is 72.8 Å². The third kappa shape index (κ3) is 5.98. The molecule has 0 radical (unpaired) electrons. The molecule has 1 aliphatic rings. The number of amides is 1. The lowest BCUT2D eigenvalue weighted by Crippen LogP contribution is -2.50. The number of carbonyl (C=O) groups excluding carboxylic acids is 1. The van der Waals surface area contributed by atoms with E-state index in [0.717, 1.165) is 43.1 Å². The predicted molar refractivity (Wildman–Crippen MR) is 139 cm³/mol. The van der Waals surface area contributed by atoms with E-state index in [1.54, 1.807) is 12.1 Å². The Hall–Kier alpha value is -3.98. The average Bonchev–Trinajstić information content (AvgIpc) is 2.90. The third-order valence-corrected chi connectivity index (χ3v) is 6.54. The number of carbonyl (C=O) groups is 1. The summed E-state index contributed by atoms with van der Waals surface area (Å²) in [5.41, 5.74) is 3.51. The van der Waals surface area contributed by atoms with Crippen molar-refractivity contribution in [3.63, 3.8) is 0 Å². The zero-order valence-electron chi connectivity index (χ0n) is 20.4. The summed E-state index contributed by atoms with van der Waals surface area (Å²) in [6.45, 7) is 3.53. The number of nitro benzene ring substituents is 1. The largest absolute Gasteiger partial charge is 0.378 e. The van der Waals surface area contributed by atoms with Gasteiger partial charge in [0.25, 0.3) is 11.6 Å². The first kappa shape index (κ1) is 25.1. The lowest BCUT2D eigenvalue weighted by molar-refractivity contribution is -0.384. The van der Waals surface area contributed by atoms with E-state index in [0.29, 0.717) is 12.1 Å². The van der Waals surface area contributed by atoms with E-state index < -0.39 is 4.92 Å². The van der Waals surface area contributed by atoms with Crippen molar-refractivity contribution in [2.45, 2.75) is 6.04 Å². The predicted octanol–water partition coefficient (Wildman–Crippen LogP) is 4.09. The van der Waals surface area contributed by atoms with Crippen molar-refractivity contribution in [2.24, 2.45) is 0 Å². The van der Waals surface area contributed by atoms with E-state index in [1.165, 1.54) is 36.4 Å². The Balaban J connectivity index is 1.47. The van der Waals surface area contributed by atoms with Crippen molar-refractivity contribution in [3.8, 4) is 0 Å². The number of benzene rings is 3. The van der Waals surface area contributed by atoms with Crippen LogP contribution in [0.1, 0.15) is 22.0 Å². The Morgan fingerprint density at radius 3 is 2.14 bits per heavy atom. The fourth-order valence-electron chi connectivity index (χ4n) is 4.42. The van der Waals surface area contributed by atoms with Gasteiger partial charge < -0.3 is 15.1 Å². The second kappa shape index (κ2) is 11.2. The Morgan fingerprint density at radius 2 is 1.58 bits per heavy atom. The number of nitrogens with zero attached hydrogens (tertiary/aromatic N) is 4. The van der Waals surface area contributed by atoms with Gasteiger partial charge in [-0.15, -0.1) is 0 Å². The quantitative estimate of drug-likeness (QED) is 0.378. The minimum absolute atomic E-state index is 0.0430. The van der Waals surface area contributed by atoms with Crippen molar-refractivity contribution in [3.05, 3.63) is 99.9 Å². The number of non-ortho nitro benzene ring substituents is 1. The van der Waals surface area contributed by atoms with Gasteiger partial charge in [0.1, 0.15) is 5.82 Å². The van der Waals surface area contributed by atoms with Crippen LogP contribution in [0, 0.1) is 15.9 Å². The number of hydrogen-bond acceptors (Lipinski definition) is 6. The van der Waals surface area contributed by atoms with Crippen molar-refractivity contribution in [1.29, 1.82) is 0 Å². The molecule has 1 fully saturated rings. The number of piperazine rings is 1. The number of rotatable bonds is 8. The molecule has 1 aliphatic heterocycles. The summed E-state index contributed by atoms with van der Waals surface area (Å²) >= 11 is 0. The molecule has 1 heterocycles. The third-order valence-electron chi connectivity index (χ3n) is 6.54. The van der Waals surface area contributed by atoms with Gasteiger partial charge in [-0.25, -0.2) is 4.39 Å². The zero-order chi connectivity index (χ0) is 25.7. The fraction of sp³-hybridized carbons (Fsp3) is 0.296. The summed E-state index contributed by atoms with van der Waals surface area (Å²) in [5.74, 6) is -0.521. The molecule has 188 valence electrons. The molecule has 9 heteroatoms. The zero-order valence-corrected chi connectivity index (χ0v) is 20.4. The molecule has 1 atom stereocenters. The SMILES string of the molecule is CN(C)c1ccc(C(CNC(=O)c2ccc([N+](=O)[O-])cc2)N2CCN(c3ccc(F)cc3)CC2)cc1. The van der Waals surface area contributed by atoms with Crippen LogP contribution in [0.25, 0.3) is 0 Å². The van der Waals surface area contributed by atoms with Gasteiger partial charge in [-0.1, -0.05) is 12.1 Å². The highest BCUT2D eigenvalue weighted by Gasteiger charge is 2.26. The summed E-state index contributed by atoms with van der Waals surface area (Å²) in [6.07, 6.45) is 0. The van der Waals surface area contributed by atoms with E-state index in [1.807, 2.05) is 19.0 Å². The van der Waals surface area contributed by atoms with E-state index in [2.05, 4.69) is 39.4 Å². The first-order valence-electron chi connectivity index (χ1n) is 11.9. The van der Waals surface area contributed by atoms with Crippen molar-refractivity contribution in [1.82, 2.24) is 10.2 Å². The molecule has 36 heavy (non-hydrogen) atoms. The maximum Gasteiger partial charge on any atom is 0.269 e. The van der Waals surface area contributed by atoms with Gasteiger partial charge in [-0.05, 0) is 54.1 Å². The van der Waals surface area contributed by atoms with Crippen LogP contribution in [0.2, 0.25) is 0 Å². The molecule has 3 aromatic carbocycles. The molecule has 0 saturated carbocycles. The van der Waals surface area contributed by atoms with Gasteiger partial charge >= 0.3 is 0 Å². The fourth-order valence-corrected chi connectivity index (χ4v) is 4.42. The highest BCUT2D eigenvalue weighted by Crippen LogP contribution is 2.26. The van der Waals surface area contributed by atoms with Gasteiger partial charge in [-0.3, -0.25) is 19.8 Å². The van der Waals surface area contributed by atoms with Gasteiger partial charge in [0, 0.05) is 75.9 Å². The molecule has 0 aromatic heterocycles. The highest BCUT2D eigenvalue weighted by atomic mass is 19.1. The first-order chi connectivity index (χ1) is 17.3. The lowest BCUT2D eigenvalue weighted by atomic mass is 10.0. The molecule has 1 unspecified atom stereocenters. The maximum absolute atomic E-state index is 13.3. The second-order valence-corrected chi connectivity index (χ2v) is 9.02.